The standard InChI is InChI=1S/C23H29N3O2S/c1-14-10-11-20(28-4)18(12-14)15(2)25-16(3)22(27)26-23-19(13-24)17-8-6-5-7-9-21(17)29-23/h10-12,15-16,25H,5-9H2,1-4H3,(H,26,27). The quantitative estimate of drug-likeness (QED) is 0.664. The van der Waals surface area contributed by atoms with E-state index >= 15 is 0 Å². The van der Waals surface area contributed by atoms with Crippen LogP contribution in [0.25, 0.3) is 0 Å². The molecular formula is C23H29N3O2S. The molecule has 0 radical (unpaired) electrons. The van der Waals surface area contributed by atoms with Gasteiger partial charge in [0.05, 0.1) is 18.7 Å². The van der Waals surface area contributed by atoms with Crippen molar-refractivity contribution >= 4 is 22.2 Å². The van der Waals surface area contributed by atoms with Gasteiger partial charge in [0.15, 0.2) is 0 Å². The average molecular weight is 412 g/mol. The first-order valence-corrected chi connectivity index (χ1v) is 11.0. The minimum atomic E-state index is -0.413. The van der Waals surface area contributed by atoms with Crippen molar-refractivity contribution in [3.8, 4) is 11.8 Å². The second-order valence-corrected chi connectivity index (χ2v) is 8.83. The Hall–Kier alpha value is -2.36. The van der Waals surface area contributed by atoms with Crippen molar-refractivity contribution in [2.24, 2.45) is 0 Å². The summed E-state index contributed by atoms with van der Waals surface area (Å²) in [6.45, 7) is 5.91. The van der Waals surface area contributed by atoms with E-state index in [1.54, 1.807) is 18.4 Å². The second-order valence-electron chi connectivity index (χ2n) is 7.73. The van der Waals surface area contributed by atoms with Crippen LogP contribution >= 0.6 is 11.3 Å². The predicted octanol–water partition coefficient (Wildman–Crippen LogP) is 4.88. The number of anilines is 1. The van der Waals surface area contributed by atoms with Crippen molar-refractivity contribution in [1.82, 2.24) is 5.32 Å². The van der Waals surface area contributed by atoms with Gasteiger partial charge in [0.2, 0.25) is 5.91 Å². The maximum Gasteiger partial charge on any atom is 0.241 e. The first kappa shape index (κ1) is 21.4. The molecule has 1 heterocycles. The van der Waals surface area contributed by atoms with Crippen LogP contribution in [0.5, 0.6) is 5.75 Å². The smallest absolute Gasteiger partial charge is 0.241 e. The summed E-state index contributed by atoms with van der Waals surface area (Å²) in [5.41, 5.74) is 3.96. The number of thiophene rings is 1. The SMILES string of the molecule is COc1ccc(C)cc1C(C)NC(C)C(=O)Nc1sc2c(c1C#N)CCCCC2. The maximum atomic E-state index is 12.8. The average Bonchev–Trinajstić information content (AvgIpc) is 2.86. The highest BCUT2D eigenvalue weighted by molar-refractivity contribution is 7.16. The van der Waals surface area contributed by atoms with E-state index in [2.05, 4.69) is 22.8 Å². The Balaban J connectivity index is 1.72. The second kappa shape index (κ2) is 9.43. The molecule has 3 rings (SSSR count). The number of methoxy groups -OCH3 is 1. The van der Waals surface area contributed by atoms with Gasteiger partial charge >= 0.3 is 0 Å². The Kier molecular flexibility index (Phi) is 6.94. The van der Waals surface area contributed by atoms with E-state index in [9.17, 15) is 10.1 Å². The summed E-state index contributed by atoms with van der Waals surface area (Å²) >= 11 is 1.57. The fraction of sp³-hybridized carbons (Fsp3) is 0.478. The highest BCUT2D eigenvalue weighted by atomic mass is 32.1. The van der Waals surface area contributed by atoms with Crippen LogP contribution < -0.4 is 15.4 Å². The molecule has 1 aliphatic carbocycles. The molecule has 2 N–H and O–H groups in total. The van der Waals surface area contributed by atoms with Crippen molar-refractivity contribution in [2.45, 2.75) is 65.0 Å². The minimum absolute atomic E-state index is 0.0545. The highest BCUT2D eigenvalue weighted by Crippen LogP contribution is 2.37. The summed E-state index contributed by atoms with van der Waals surface area (Å²) in [7, 11) is 1.65. The number of aryl methyl sites for hydroxylation is 2. The van der Waals surface area contributed by atoms with Crippen molar-refractivity contribution in [2.75, 3.05) is 12.4 Å². The molecule has 0 saturated heterocycles. The van der Waals surface area contributed by atoms with Gasteiger partial charge in [-0.05, 0) is 58.1 Å². The van der Waals surface area contributed by atoms with Crippen LogP contribution in [0.2, 0.25) is 0 Å². The summed E-state index contributed by atoms with van der Waals surface area (Å²) in [6.07, 6.45) is 5.40. The Morgan fingerprint density at radius 1 is 1.24 bits per heavy atom. The van der Waals surface area contributed by atoms with Crippen LogP contribution in [0, 0.1) is 18.3 Å². The number of nitrogens with one attached hydrogen (secondary N) is 2. The lowest BCUT2D eigenvalue weighted by Crippen LogP contribution is -2.39. The molecule has 29 heavy (non-hydrogen) atoms. The molecule has 1 amide bonds. The Morgan fingerprint density at radius 3 is 2.72 bits per heavy atom. The van der Waals surface area contributed by atoms with Gasteiger partial charge < -0.3 is 10.1 Å². The van der Waals surface area contributed by atoms with Crippen LogP contribution in [0.15, 0.2) is 18.2 Å². The van der Waals surface area contributed by atoms with E-state index in [0.29, 0.717) is 10.6 Å². The van der Waals surface area contributed by atoms with Gasteiger partial charge in [-0.3, -0.25) is 10.1 Å². The van der Waals surface area contributed by atoms with Gasteiger partial charge in [-0.15, -0.1) is 11.3 Å². The summed E-state index contributed by atoms with van der Waals surface area (Å²) in [6, 6.07) is 7.89. The number of hydrogen-bond donors (Lipinski definition) is 2. The molecule has 2 unspecified atom stereocenters. The normalized spacial score (nSPS) is 15.6. The zero-order valence-corrected chi connectivity index (χ0v) is 18.4. The molecule has 1 aromatic heterocycles. The number of amides is 1. The molecule has 0 aliphatic heterocycles. The number of benzene rings is 1. The zero-order chi connectivity index (χ0) is 21.0. The molecule has 0 saturated carbocycles. The molecule has 1 aromatic carbocycles. The van der Waals surface area contributed by atoms with Gasteiger partial charge in [0, 0.05) is 16.5 Å². The molecule has 1 aliphatic rings. The Bertz CT molecular complexity index is 929. The minimum Gasteiger partial charge on any atom is -0.496 e. The number of fused-ring (bicyclic) bond motifs is 1. The van der Waals surface area contributed by atoms with E-state index in [0.717, 1.165) is 48.1 Å². The molecule has 5 nitrogen and oxygen atoms in total. The van der Waals surface area contributed by atoms with Gasteiger partial charge in [0.25, 0.3) is 0 Å². The summed E-state index contributed by atoms with van der Waals surface area (Å²) in [5, 5.41) is 16.7. The highest BCUT2D eigenvalue weighted by Gasteiger charge is 2.24. The number of carbonyl (C=O) groups is 1. The van der Waals surface area contributed by atoms with E-state index in [1.165, 1.54) is 11.3 Å². The molecule has 0 bridgehead atoms. The molecular weight excluding hydrogens is 382 g/mol. The summed E-state index contributed by atoms with van der Waals surface area (Å²) in [4.78, 5) is 14.1. The Morgan fingerprint density at radius 2 is 2.00 bits per heavy atom. The van der Waals surface area contributed by atoms with Crippen molar-refractivity contribution in [3.63, 3.8) is 0 Å². The van der Waals surface area contributed by atoms with Gasteiger partial charge in [-0.2, -0.15) is 5.26 Å². The van der Waals surface area contributed by atoms with E-state index in [1.807, 2.05) is 32.9 Å². The van der Waals surface area contributed by atoms with E-state index in [-0.39, 0.29) is 11.9 Å². The monoisotopic (exact) mass is 411 g/mol. The summed E-state index contributed by atoms with van der Waals surface area (Å²) in [5.74, 6) is 0.674. The molecule has 154 valence electrons. The molecule has 0 fully saturated rings. The van der Waals surface area contributed by atoms with Crippen LogP contribution in [0.1, 0.15) is 66.3 Å². The third kappa shape index (κ3) is 4.80. The largest absolute Gasteiger partial charge is 0.496 e. The van der Waals surface area contributed by atoms with E-state index < -0.39 is 6.04 Å². The number of nitriles is 1. The van der Waals surface area contributed by atoms with Crippen LogP contribution in [-0.4, -0.2) is 19.1 Å². The molecule has 0 spiro atoms. The van der Waals surface area contributed by atoms with Crippen molar-refractivity contribution < 1.29 is 9.53 Å². The number of ether oxygens (including phenoxy) is 1. The lowest BCUT2D eigenvalue weighted by molar-refractivity contribution is -0.117. The van der Waals surface area contributed by atoms with Gasteiger partial charge in [0.1, 0.15) is 16.8 Å². The zero-order valence-electron chi connectivity index (χ0n) is 17.6. The number of rotatable bonds is 6. The topological polar surface area (TPSA) is 74.2 Å². The third-order valence-electron chi connectivity index (χ3n) is 5.51. The molecule has 2 atom stereocenters. The van der Waals surface area contributed by atoms with Gasteiger partial charge in [-0.1, -0.05) is 24.1 Å². The van der Waals surface area contributed by atoms with Crippen molar-refractivity contribution in [1.29, 1.82) is 5.26 Å². The third-order valence-corrected chi connectivity index (χ3v) is 6.72. The first-order valence-electron chi connectivity index (χ1n) is 10.2. The van der Waals surface area contributed by atoms with Crippen LogP contribution in [-0.2, 0) is 17.6 Å². The van der Waals surface area contributed by atoms with Crippen LogP contribution in [0.3, 0.4) is 0 Å². The number of nitrogens with zero attached hydrogens (tertiary/aromatic N) is 1. The van der Waals surface area contributed by atoms with Crippen LogP contribution in [0.4, 0.5) is 5.00 Å². The lowest BCUT2D eigenvalue weighted by Gasteiger charge is -2.22. The fourth-order valence-corrected chi connectivity index (χ4v) is 5.14. The van der Waals surface area contributed by atoms with Crippen molar-refractivity contribution in [3.05, 3.63) is 45.3 Å². The number of hydrogen-bond acceptors (Lipinski definition) is 5. The maximum absolute atomic E-state index is 12.8. The Labute approximate surface area is 177 Å². The van der Waals surface area contributed by atoms with E-state index in [4.69, 9.17) is 4.74 Å². The molecule has 2 aromatic rings. The number of carbonyl (C=O) groups excluding carboxylic acids is 1. The predicted molar refractivity (Wildman–Crippen MR) is 118 cm³/mol. The first-order chi connectivity index (χ1) is 13.9. The lowest BCUT2D eigenvalue weighted by atomic mass is 10.0. The summed E-state index contributed by atoms with van der Waals surface area (Å²) < 4.78 is 5.47. The fourth-order valence-electron chi connectivity index (χ4n) is 3.90. The molecule has 6 heteroatoms. The van der Waals surface area contributed by atoms with Gasteiger partial charge in [-0.25, -0.2) is 0 Å².